The molecule has 0 saturated carbocycles. The van der Waals surface area contributed by atoms with Gasteiger partial charge >= 0.3 is 11.9 Å². The second kappa shape index (κ2) is 5.96. The summed E-state index contributed by atoms with van der Waals surface area (Å²) in [4.78, 5) is 23.8. The Balaban J connectivity index is 2.42. The van der Waals surface area contributed by atoms with Crippen molar-refractivity contribution in [1.82, 2.24) is 9.78 Å². The number of methoxy groups -OCH3 is 1. The first-order valence-electron chi connectivity index (χ1n) is 6.67. The number of ether oxygens (including phenoxy) is 2. The number of aromatic nitrogens is 2. The Hall–Kier alpha value is -2.08. The minimum Gasteiger partial charge on any atom is -0.464 e. The smallest absolute Gasteiger partial charge is 0.359 e. The van der Waals surface area contributed by atoms with E-state index in [-0.39, 0.29) is 12.2 Å². The van der Waals surface area contributed by atoms with Crippen LogP contribution in [0.1, 0.15) is 31.3 Å². The average Bonchev–Trinajstić information content (AvgIpc) is 2.73. The number of benzene rings is 1. The van der Waals surface area contributed by atoms with Gasteiger partial charge in [-0.25, -0.2) is 4.79 Å². The monoisotopic (exact) mass is 324 g/mol. The molecule has 0 aliphatic carbocycles. The first-order valence-corrected chi connectivity index (χ1v) is 7.05. The van der Waals surface area contributed by atoms with Crippen molar-refractivity contribution in [3.05, 3.63) is 28.9 Å². The second-order valence-corrected chi connectivity index (χ2v) is 6.18. The number of esters is 2. The molecular weight excluding hydrogens is 308 g/mol. The van der Waals surface area contributed by atoms with Crippen molar-refractivity contribution < 1.29 is 19.1 Å². The molecule has 6 nitrogen and oxygen atoms in total. The third-order valence-electron chi connectivity index (χ3n) is 2.79. The highest BCUT2D eigenvalue weighted by Gasteiger charge is 2.21. The Morgan fingerprint density at radius 2 is 2.00 bits per heavy atom. The molecule has 0 aliphatic heterocycles. The Morgan fingerprint density at radius 3 is 2.59 bits per heavy atom. The Bertz CT molecular complexity index is 731. The van der Waals surface area contributed by atoms with Crippen molar-refractivity contribution in [3.8, 4) is 0 Å². The van der Waals surface area contributed by atoms with E-state index in [9.17, 15) is 9.59 Å². The number of nitrogens with zero attached hydrogens (tertiary/aromatic N) is 2. The first kappa shape index (κ1) is 16.3. The van der Waals surface area contributed by atoms with Crippen LogP contribution in [0.3, 0.4) is 0 Å². The highest BCUT2D eigenvalue weighted by molar-refractivity contribution is 6.31. The van der Waals surface area contributed by atoms with E-state index in [1.54, 1.807) is 39.0 Å². The number of carbonyl (C=O) groups excluding carboxylic acids is 2. The van der Waals surface area contributed by atoms with Crippen LogP contribution in [0, 0.1) is 0 Å². The average molecular weight is 325 g/mol. The lowest BCUT2D eigenvalue weighted by Crippen LogP contribution is -2.26. The molecule has 0 fully saturated rings. The fourth-order valence-electron chi connectivity index (χ4n) is 2.02. The maximum Gasteiger partial charge on any atom is 0.359 e. The van der Waals surface area contributed by atoms with Gasteiger partial charge in [-0.05, 0) is 39.0 Å². The molecule has 7 heteroatoms. The van der Waals surface area contributed by atoms with Gasteiger partial charge in [0.1, 0.15) is 12.1 Å². The zero-order valence-corrected chi connectivity index (χ0v) is 13.6. The van der Waals surface area contributed by atoms with Crippen LogP contribution in [0.4, 0.5) is 0 Å². The molecule has 0 unspecified atom stereocenters. The molecule has 2 rings (SSSR count). The molecule has 2 aromatic rings. The summed E-state index contributed by atoms with van der Waals surface area (Å²) in [5.74, 6) is -1.03. The summed E-state index contributed by atoms with van der Waals surface area (Å²) in [5.41, 5.74) is 0.133. The minimum absolute atomic E-state index is 0.105. The summed E-state index contributed by atoms with van der Waals surface area (Å²) in [6.45, 7) is 5.25. The molecule has 0 atom stereocenters. The van der Waals surface area contributed by atoms with Crippen molar-refractivity contribution in [1.29, 1.82) is 0 Å². The summed E-state index contributed by atoms with van der Waals surface area (Å²) < 4.78 is 11.4. The lowest BCUT2D eigenvalue weighted by atomic mass is 10.2. The van der Waals surface area contributed by atoms with E-state index in [4.69, 9.17) is 21.1 Å². The third kappa shape index (κ3) is 3.57. The highest BCUT2D eigenvalue weighted by Crippen LogP contribution is 2.23. The number of carbonyl (C=O) groups is 2. The molecule has 1 aromatic carbocycles. The molecule has 0 radical (unpaired) electrons. The van der Waals surface area contributed by atoms with E-state index in [1.165, 1.54) is 11.8 Å². The standard InChI is InChI=1S/C15H17ClN2O4/c1-15(2,3)22-12(19)8-18-11-6-5-9(16)7-10(11)13(17-18)14(20)21-4/h5-7H,8H2,1-4H3. The fraction of sp³-hybridized carbons (Fsp3) is 0.400. The van der Waals surface area contributed by atoms with Gasteiger partial charge < -0.3 is 9.47 Å². The number of hydrogen-bond acceptors (Lipinski definition) is 5. The van der Waals surface area contributed by atoms with Crippen LogP contribution in [-0.4, -0.2) is 34.4 Å². The van der Waals surface area contributed by atoms with E-state index in [0.29, 0.717) is 15.9 Å². The van der Waals surface area contributed by atoms with Crippen LogP contribution in [0.25, 0.3) is 10.9 Å². The molecular formula is C15H17ClN2O4. The van der Waals surface area contributed by atoms with Gasteiger partial charge in [0, 0.05) is 10.4 Å². The molecule has 0 bridgehead atoms. The molecule has 0 N–H and O–H groups in total. The molecule has 0 aliphatic rings. The van der Waals surface area contributed by atoms with Crippen LogP contribution in [0.15, 0.2) is 18.2 Å². The SMILES string of the molecule is COC(=O)c1nn(CC(=O)OC(C)(C)C)c2ccc(Cl)cc12. The van der Waals surface area contributed by atoms with Crippen LogP contribution in [-0.2, 0) is 20.8 Å². The first-order chi connectivity index (χ1) is 10.2. The Morgan fingerprint density at radius 1 is 1.32 bits per heavy atom. The highest BCUT2D eigenvalue weighted by atomic mass is 35.5. The van der Waals surface area contributed by atoms with Gasteiger partial charge in [0.15, 0.2) is 5.69 Å². The van der Waals surface area contributed by atoms with Gasteiger partial charge in [-0.3, -0.25) is 9.48 Å². The zero-order chi connectivity index (χ0) is 16.5. The molecule has 0 spiro atoms. The Kier molecular flexibility index (Phi) is 4.42. The van der Waals surface area contributed by atoms with E-state index >= 15 is 0 Å². The molecule has 0 amide bonds. The molecule has 0 saturated heterocycles. The van der Waals surface area contributed by atoms with Crippen molar-refractivity contribution >= 4 is 34.4 Å². The van der Waals surface area contributed by atoms with Gasteiger partial charge in [0.2, 0.25) is 0 Å². The van der Waals surface area contributed by atoms with Gasteiger partial charge in [0.05, 0.1) is 12.6 Å². The summed E-state index contributed by atoms with van der Waals surface area (Å²) in [7, 11) is 1.27. The van der Waals surface area contributed by atoms with Gasteiger partial charge in [-0.2, -0.15) is 5.10 Å². The fourth-order valence-corrected chi connectivity index (χ4v) is 2.19. The molecule has 1 aromatic heterocycles. The van der Waals surface area contributed by atoms with Crippen LogP contribution < -0.4 is 0 Å². The number of fused-ring (bicyclic) bond motifs is 1. The molecule has 1 heterocycles. The second-order valence-electron chi connectivity index (χ2n) is 5.75. The summed E-state index contributed by atoms with van der Waals surface area (Å²) in [5, 5.41) is 5.15. The number of hydrogen-bond donors (Lipinski definition) is 0. The molecule has 118 valence electrons. The quantitative estimate of drug-likeness (QED) is 0.812. The normalized spacial score (nSPS) is 11.5. The molecule has 22 heavy (non-hydrogen) atoms. The van der Waals surface area contributed by atoms with Gasteiger partial charge in [-0.1, -0.05) is 11.6 Å². The van der Waals surface area contributed by atoms with Crippen LogP contribution in [0.2, 0.25) is 5.02 Å². The van der Waals surface area contributed by atoms with Crippen molar-refractivity contribution in [2.24, 2.45) is 0 Å². The largest absolute Gasteiger partial charge is 0.464 e. The van der Waals surface area contributed by atoms with Gasteiger partial charge in [-0.15, -0.1) is 0 Å². The topological polar surface area (TPSA) is 70.4 Å². The van der Waals surface area contributed by atoms with E-state index in [1.807, 2.05) is 0 Å². The van der Waals surface area contributed by atoms with E-state index < -0.39 is 17.5 Å². The van der Waals surface area contributed by atoms with Gasteiger partial charge in [0.25, 0.3) is 0 Å². The lowest BCUT2D eigenvalue weighted by molar-refractivity contribution is -0.155. The predicted molar refractivity (Wildman–Crippen MR) is 81.9 cm³/mol. The minimum atomic E-state index is -0.589. The van der Waals surface area contributed by atoms with Crippen LogP contribution >= 0.6 is 11.6 Å². The number of halogens is 1. The number of rotatable bonds is 3. The van der Waals surface area contributed by atoms with Crippen molar-refractivity contribution in [2.75, 3.05) is 7.11 Å². The lowest BCUT2D eigenvalue weighted by Gasteiger charge is -2.19. The zero-order valence-electron chi connectivity index (χ0n) is 12.8. The maximum atomic E-state index is 12.0. The summed E-state index contributed by atoms with van der Waals surface area (Å²) in [6, 6.07) is 4.97. The maximum absolute atomic E-state index is 12.0. The van der Waals surface area contributed by atoms with Crippen molar-refractivity contribution in [2.45, 2.75) is 32.9 Å². The van der Waals surface area contributed by atoms with E-state index in [0.717, 1.165) is 0 Å². The summed E-state index contributed by atoms with van der Waals surface area (Å²) >= 11 is 5.96. The third-order valence-corrected chi connectivity index (χ3v) is 3.03. The van der Waals surface area contributed by atoms with Crippen molar-refractivity contribution in [3.63, 3.8) is 0 Å². The van der Waals surface area contributed by atoms with E-state index in [2.05, 4.69) is 5.10 Å². The van der Waals surface area contributed by atoms with Crippen LogP contribution in [0.5, 0.6) is 0 Å². The Labute approximate surface area is 132 Å². The predicted octanol–water partition coefficient (Wildman–Crippen LogP) is 2.82. The summed E-state index contributed by atoms with van der Waals surface area (Å²) in [6.07, 6.45) is 0.